The number of hydrogen-bond acceptors (Lipinski definition) is 2. The summed E-state index contributed by atoms with van der Waals surface area (Å²) in [4.78, 5) is 2.63. The van der Waals surface area contributed by atoms with Gasteiger partial charge in [0, 0.05) is 24.8 Å². The first kappa shape index (κ1) is 13.0. The van der Waals surface area contributed by atoms with E-state index in [1.165, 1.54) is 50.0 Å². The van der Waals surface area contributed by atoms with Gasteiger partial charge >= 0.3 is 0 Å². The zero-order chi connectivity index (χ0) is 13.2. The molecule has 0 aliphatic heterocycles. The van der Waals surface area contributed by atoms with E-state index in [1.54, 1.807) is 0 Å². The predicted octanol–water partition coefficient (Wildman–Crippen LogP) is 3.72. The molecule has 2 fully saturated rings. The third-order valence-electron chi connectivity index (χ3n) is 4.47. The van der Waals surface area contributed by atoms with E-state index in [2.05, 4.69) is 36.1 Å². The Morgan fingerprint density at radius 3 is 2.21 bits per heavy atom. The summed E-state index contributed by atoms with van der Waals surface area (Å²) in [5.74, 6) is 1.87. The number of anilines is 1. The maximum absolute atomic E-state index is 6.30. The van der Waals surface area contributed by atoms with Crippen molar-refractivity contribution >= 4 is 5.69 Å². The van der Waals surface area contributed by atoms with Gasteiger partial charge in [0.2, 0.25) is 0 Å². The highest BCUT2D eigenvalue weighted by atomic mass is 15.1. The molecule has 2 N–H and O–H groups in total. The fourth-order valence-corrected chi connectivity index (χ4v) is 2.80. The highest BCUT2D eigenvalue weighted by Gasteiger charge is 2.30. The van der Waals surface area contributed by atoms with Crippen LogP contribution in [0.1, 0.15) is 50.6 Å². The van der Waals surface area contributed by atoms with Crippen molar-refractivity contribution in [1.82, 2.24) is 0 Å². The van der Waals surface area contributed by atoms with Crippen LogP contribution in [0.4, 0.5) is 5.69 Å². The zero-order valence-electron chi connectivity index (χ0n) is 12.0. The van der Waals surface area contributed by atoms with Gasteiger partial charge < -0.3 is 10.6 Å². The van der Waals surface area contributed by atoms with Gasteiger partial charge in [0.1, 0.15) is 0 Å². The number of nitrogens with two attached hydrogens (primary N) is 1. The van der Waals surface area contributed by atoms with Gasteiger partial charge in [-0.2, -0.15) is 0 Å². The molecule has 2 saturated carbocycles. The minimum Gasteiger partial charge on any atom is -0.371 e. The summed E-state index contributed by atoms with van der Waals surface area (Å²) in [5.41, 5.74) is 9.04. The Bertz CT molecular complexity index is 407. The highest BCUT2D eigenvalue weighted by Crippen LogP contribution is 2.37. The standard InChI is InChI=1S/C17H26N2/c1-2-16(18)15-5-3-4-6-17(15)19(11-13-7-8-13)12-14-9-10-14/h3-6,13-14,16H,2,7-12,18H2,1H3. The van der Waals surface area contributed by atoms with Crippen LogP contribution in [0, 0.1) is 11.8 Å². The van der Waals surface area contributed by atoms with E-state index in [1.807, 2.05) is 0 Å². The fourth-order valence-electron chi connectivity index (χ4n) is 2.80. The second kappa shape index (κ2) is 5.54. The lowest BCUT2D eigenvalue weighted by Gasteiger charge is -2.29. The van der Waals surface area contributed by atoms with Crippen molar-refractivity contribution in [1.29, 1.82) is 0 Å². The van der Waals surface area contributed by atoms with Crippen LogP contribution in [0.3, 0.4) is 0 Å². The van der Waals surface area contributed by atoms with Gasteiger partial charge in [-0.15, -0.1) is 0 Å². The molecule has 0 bridgehead atoms. The smallest absolute Gasteiger partial charge is 0.0414 e. The van der Waals surface area contributed by atoms with Gasteiger partial charge in [-0.3, -0.25) is 0 Å². The highest BCUT2D eigenvalue weighted by molar-refractivity contribution is 5.55. The summed E-state index contributed by atoms with van der Waals surface area (Å²) in [6.45, 7) is 4.65. The number of hydrogen-bond donors (Lipinski definition) is 1. The van der Waals surface area contributed by atoms with Crippen molar-refractivity contribution in [3.63, 3.8) is 0 Å². The molecular formula is C17H26N2. The number of rotatable bonds is 7. The van der Waals surface area contributed by atoms with E-state index in [9.17, 15) is 0 Å². The van der Waals surface area contributed by atoms with E-state index < -0.39 is 0 Å². The lowest BCUT2D eigenvalue weighted by molar-refractivity contribution is 0.656. The summed E-state index contributed by atoms with van der Waals surface area (Å²) in [7, 11) is 0. The second-order valence-corrected chi connectivity index (χ2v) is 6.37. The molecule has 104 valence electrons. The van der Waals surface area contributed by atoms with Crippen LogP contribution in [0.2, 0.25) is 0 Å². The fraction of sp³-hybridized carbons (Fsp3) is 0.647. The Morgan fingerprint density at radius 2 is 1.68 bits per heavy atom. The molecule has 0 radical (unpaired) electrons. The van der Waals surface area contributed by atoms with Gasteiger partial charge in [-0.05, 0) is 55.6 Å². The van der Waals surface area contributed by atoms with Crippen LogP contribution >= 0.6 is 0 Å². The quantitative estimate of drug-likeness (QED) is 0.807. The molecule has 2 nitrogen and oxygen atoms in total. The summed E-state index contributed by atoms with van der Waals surface area (Å²) in [6, 6.07) is 8.96. The molecule has 2 aliphatic rings. The average molecular weight is 258 g/mol. The lowest BCUT2D eigenvalue weighted by Crippen LogP contribution is -2.30. The van der Waals surface area contributed by atoms with Crippen LogP contribution in [-0.2, 0) is 0 Å². The Labute approximate surface area is 117 Å². The molecule has 0 heterocycles. The molecule has 1 atom stereocenters. The summed E-state index contributed by atoms with van der Waals surface area (Å²) in [6.07, 6.45) is 6.69. The van der Waals surface area contributed by atoms with Gasteiger partial charge in [0.05, 0.1) is 0 Å². The largest absolute Gasteiger partial charge is 0.371 e. The molecule has 2 heteroatoms. The van der Waals surface area contributed by atoms with E-state index in [4.69, 9.17) is 5.73 Å². The van der Waals surface area contributed by atoms with Gasteiger partial charge in [0.25, 0.3) is 0 Å². The van der Waals surface area contributed by atoms with Crippen LogP contribution < -0.4 is 10.6 Å². The minimum atomic E-state index is 0.178. The topological polar surface area (TPSA) is 29.3 Å². The molecule has 2 aliphatic carbocycles. The van der Waals surface area contributed by atoms with E-state index in [0.29, 0.717) is 0 Å². The van der Waals surface area contributed by atoms with Crippen molar-refractivity contribution in [2.75, 3.05) is 18.0 Å². The molecule has 19 heavy (non-hydrogen) atoms. The van der Waals surface area contributed by atoms with Crippen LogP contribution in [0.25, 0.3) is 0 Å². The van der Waals surface area contributed by atoms with Gasteiger partial charge in [-0.1, -0.05) is 25.1 Å². The molecule has 0 aromatic heterocycles. The van der Waals surface area contributed by atoms with Crippen molar-refractivity contribution in [3.05, 3.63) is 29.8 Å². The van der Waals surface area contributed by atoms with Gasteiger partial charge in [0.15, 0.2) is 0 Å². The molecule has 1 aromatic carbocycles. The van der Waals surface area contributed by atoms with Crippen molar-refractivity contribution < 1.29 is 0 Å². The van der Waals surface area contributed by atoms with E-state index >= 15 is 0 Å². The SMILES string of the molecule is CCC(N)c1ccccc1N(CC1CC1)CC1CC1. The Balaban J connectivity index is 1.82. The first-order valence-corrected chi connectivity index (χ1v) is 7.87. The Hall–Kier alpha value is -1.02. The minimum absolute atomic E-state index is 0.178. The van der Waals surface area contributed by atoms with Crippen molar-refractivity contribution in [2.24, 2.45) is 17.6 Å². The molecule has 0 amide bonds. The van der Waals surface area contributed by atoms with E-state index in [-0.39, 0.29) is 6.04 Å². The van der Waals surface area contributed by atoms with Crippen LogP contribution in [0.15, 0.2) is 24.3 Å². The molecular weight excluding hydrogens is 232 g/mol. The maximum Gasteiger partial charge on any atom is 0.0414 e. The Kier molecular flexibility index (Phi) is 3.79. The maximum atomic E-state index is 6.30. The van der Waals surface area contributed by atoms with Gasteiger partial charge in [-0.25, -0.2) is 0 Å². The van der Waals surface area contributed by atoms with Crippen LogP contribution in [-0.4, -0.2) is 13.1 Å². The van der Waals surface area contributed by atoms with Crippen LogP contribution in [0.5, 0.6) is 0 Å². The summed E-state index contributed by atoms with van der Waals surface area (Å²) in [5, 5.41) is 0. The zero-order valence-corrected chi connectivity index (χ0v) is 12.0. The molecule has 1 aromatic rings. The molecule has 3 rings (SSSR count). The summed E-state index contributed by atoms with van der Waals surface area (Å²) >= 11 is 0. The third-order valence-corrected chi connectivity index (χ3v) is 4.47. The molecule has 0 spiro atoms. The average Bonchev–Trinajstić information content (AvgIpc) is 3.32. The predicted molar refractivity (Wildman–Crippen MR) is 81.3 cm³/mol. The number of nitrogens with zero attached hydrogens (tertiary/aromatic N) is 1. The van der Waals surface area contributed by atoms with E-state index in [0.717, 1.165) is 18.3 Å². The first-order chi connectivity index (χ1) is 9.28. The van der Waals surface area contributed by atoms with Crippen molar-refractivity contribution in [3.8, 4) is 0 Å². The monoisotopic (exact) mass is 258 g/mol. The summed E-state index contributed by atoms with van der Waals surface area (Å²) < 4.78 is 0. The molecule has 0 saturated heterocycles. The number of para-hydroxylation sites is 1. The Morgan fingerprint density at radius 1 is 1.11 bits per heavy atom. The lowest BCUT2D eigenvalue weighted by atomic mass is 10.0. The third kappa shape index (κ3) is 3.30. The number of benzene rings is 1. The first-order valence-electron chi connectivity index (χ1n) is 7.87. The normalized spacial score (nSPS) is 20.3. The van der Waals surface area contributed by atoms with Crippen molar-refractivity contribution in [2.45, 2.75) is 45.1 Å². The second-order valence-electron chi connectivity index (χ2n) is 6.37. The molecule has 1 unspecified atom stereocenters.